The van der Waals surface area contributed by atoms with Crippen molar-refractivity contribution < 1.29 is 9.47 Å². The molecule has 1 aromatic heterocycles. The van der Waals surface area contributed by atoms with Gasteiger partial charge in [0.25, 0.3) is 0 Å². The minimum atomic E-state index is 0.179. The van der Waals surface area contributed by atoms with Crippen LogP contribution in [0.15, 0.2) is 0 Å². The molecule has 1 saturated heterocycles. The average molecular weight is 278 g/mol. The number of hydrogen-bond acceptors (Lipinski definition) is 5. The first-order valence-electron chi connectivity index (χ1n) is 7.19. The van der Waals surface area contributed by atoms with Gasteiger partial charge in [-0.1, -0.05) is 12.1 Å². The highest BCUT2D eigenvalue weighted by atomic mass is 16.5. The van der Waals surface area contributed by atoms with E-state index in [4.69, 9.17) is 14.7 Å². The van der Waals surface area contributed by atoms with Crippen LogP contribution in [0.25, 0.3) is 0 Å². The molecule has 0 N–H and O–H groups in total. The van der Waals surface area contributed by atoms with Crippen molar-refractivity contribution in [3.8, 4) is 6.07 Å². The van der Waals surface area contributed by atoms with Crippen LogP contribution in [0.3, 0.4) is 0 Å². The van der Waals surface area contributed by atoms with Crippen LogP contribution in [0.2, 0.25) is 0 Å². The van der Waals surface area contributed by atoms with Gasteiger partial charge in [0.1, 0.15) is 5.69 Å². The van der Waals surface area contributed by atoms with Crippen molar-refractivity contribution in [3.05, 3.63) is 11.4 Å². The van der Waals surface area contributed by atoms with E-state index in [0.717, 1.165) is 43.9 Å². The Bertz CT molecular complexity index is 460. The SMILES string of the molecule is CCC(COC)n1nnc(CC#N)c1C1CCOCC1. The maximum Gasteiger partial charge on any atom is 0.100 e. The van der Waals surface area contributed by atoms with Crippen LogP contribution in [0.1, 0.15) is 49.5 Å². The van der Waals surface area contributed by atoms with Crippen LogP contribution in [0.5, 0.6) is 0 Å². The molecular formula is C14H22N4O2. The molecule has 110 valence electrons. The number of aromatic nitrogens is 3. The molecule has 0 bridgehead atoms. The van der Waals surface area contributed by atoms with Crippen molar-refractivity contribution in [3.63, 3.8) is 0 Å². The Morgan fingerprint density at radius 2 is 2.25 bits per heavy atom. The molecule has 0 spiro atoms. The van der Waals surface area contributed by atoms with Gasteiger partial charge in [0.15, 0.2) is 0 Å². The summed E-state index contributed by atoms with van der Waals surface area (Å²) in [7, 11) is 1.70. The van der Waals surface area contributed by atoms with Gasteiger partial charge in [0.2, 0.25) is 0 Å². The predicted octanol–water partition coefficient (Wildman–Crippen LogP) is 1.84. The fourth-order valence-electron chi connectivity index (χ4n) is 2.75. The summed E-state index contributed by atoms with van der Waals surface area (Å²) in [6.45, 7) is 4.26. The number of methoxy groups -OCH3 is 1. The molecule has 0 saturated carbocycles. The second-order valence-corrected chi connectivity index (χ2v) is 5.10. The van der Waals surface area contributed by atoms with E-state index in [9.17, 15) is 0 Å². The summed E-state index contributed by atoms with van der Waals surface area (Å²) in [5.41, 5.74) is 1.92. The van der Waals surface area contributed by atoms with E-state index in [1.807, 2.05) is 4.68 Å². The van der Waals surface area contributed by atoms with E-state index in [1.54, 1.807) is 7.11 Å². The Kier molecular flexibility index (Phi) is 5.50. The monoisotopic (exact) mass is 278 g/mol. The minimum Gasteiger partial charge on any atom is -0.382 e. The van der Waals surface area contributed by atoms with Gasteiger partial charge >= 0.3 is 0 Å². The Labute approximate surface area is 119 Å². The summed E-state index contributed by atoms with van der Waals surface area (Å²) in [5, 5.41) is 17.5. The number of ether oxygens (including phenoxy) is 2. The summed E-state index contributed by atoms with van der Waals surface area (Å²) in [4.78, 5) is 0. The molecular weight excluding hydrogens is 256 g/mol. The molecule has 1 aromatic rings. The Morgan fingerprint density at radius 1 is 1.50 bits per heavy atom. The quantitative estimate of drug-likeness (QED) is 0.793. The van der Waals surface area contributed by atoms with Gasteiger partial charge in [0.05, 0.1) is 30.8 Å². The second-order valence-electron chi connectivity index (χ2n) is 5.10. The van der Waals surface area contributed by atoms with Crippen molar-refractivity contribution >= 4 is 0 Å². The summed E-state index contributed by atoms with van der Waals surface area (Å²) < 4.78 is 12.7. The molecule has 0 radical (unpaired) electrons. The van der Waals surface area contributed by atoms with Crippen molar-refractivity contribution in [2.75, 3.05) is 26.9 Å². The molecule has 0 amide bonds. The van der Waals surface area contributed by atoms with E-state index in [-0.39, 0.29) is 6.04 Å². The molecule has 6 nitrogen and oxygen atoms in total. The molecule has 2 rings (SSSR count). The molecule has 0 aliphatic carbocycles. The zero-order chi connectivity index (χ0) is 14.4. The molecule has 2 heterocycles. The fraction of sp³-hybridized carbons (Fsp3) is 0.786. The normalized spacial score (nSPS) is 17.9. The van der Waals surface area contributed by atoms with E-state index in [1.165, 1.54) is 0 Å². The lowest BCUT2D eigenvalue weighted by molar-refractivity contribution is 0.0813. The van der Waals surface area contributed by atoms with Gasteiger partial charge in [-0.05, 0) is 19.3 Å². The zero-order valence-corrected chi connectivity index (χ0v) is 12.2. The van der Waals surface area contributed by atoms with Crippen LogP contribution < -0.4 is 0 Å². The van der Waals surface area contributed by atoms with E-state index in [0.29, 0.717) is 18.9 Å². The maximum atomic E-state index is 8.97. The summed E-state index contributed by atoms with van der Waals surface area (Å²) in [6.07, 6.45) is 3.18. The average Bonchev–Trinajstić information content (AvgIpc) is 2.89. The third-order valence-corrected chi connectivity index (χ3v) is 3.83. The second kappa shape index (κ2) is 7.36. The van der Waals surface area contributed by atoms with Gasteiger partial charge in [-0.3, -0.25) is 0 Å². The highest BCUT2D eigenvalue weighted by Crippen LogP contribution is 2.31. The van der Waals surface area contributed by atoms with Gasteiger partial charge < -0.3 is 9.47 Å². The highest BCUT2D eigenvalue weighted by molar-refractivity contribution is 5.20. The highest BCUT2D eigenvalue weighted by Gasteiger charge is 2.27. The first-order valence-corrected chi connectivity index (χ1v) is 7.19. The fourth-order valence-corrected chi connectivity index (χ4v) is 2.75. The van der Waals surface area contributed by atoms with E-state index in [2.05, 4.69) is 23.3 Å². The summed E-state index contributed by atoms with van der Waals surface area (Å²) >= 11 is 0. The molecule has 0 aromatic carbocycles. The van der Waals surface area contributed by atoms with Crippen molar-refractivity contribution in [1.82, 2.24) is 15.0 Å². The lowest BCUT2D eigenvalue weighted by atomic mass is 9.93. The van der Waals surface area contributed by atoms with Crippen molar-refractivity contribution in [2.24, 2.45) is 0 Å². The van der Waals surface area contributed by atoms with Crippen LogP contribution in [-0.2, 0) is 15.9 Å². The topological polar surface area (TPSA) is 73.0 Å². The van der Waals surface area contributed by atoms with Crippen LogP contribution in [0, 0.1) is 11.3 Å². The number of nitrogens with zero attached hydrogens (tertiary/aromatic N) is 4. The largest absolute Gasteiger partial charge is 0.382 e. The van der Waals surface area contributed by atoms with E-state index >= 15 is 0 Å². The summed E-state index contributed by atoms with van der Waals surface area (Å²) in [5.74, 6) is 0.382. The zero-order valence-electron chi connectivity index (χ0n) is 12.2. The summed E-state index contributed by atoms with van der Waals surface area (Å²) in [6, 6.07) is 2.37. The minimum absolute atomic E-state index is 0.179. The van der Waals surface area contributed by atoms with Gasteiger partial charge in [0, 0.05) is 26.2 Å². The Morgan fingerprint density at radius 3 is 2.85 bits per heavy atom. The smallest absolute Gasteiger partial charge is 0.100 e. The third-order valence-electron chi connectivity index (χ3n) is 3.83. The van der Waals surface area contributed by atoms with E-state index < -0.39 is 0 Å². The molecule has 6 heteroatoms. The first kappa shape index (κ1) is 14.9. The maximum absolute atomic E-state index is 8.97. The van der Waals surface area contributed by atoms with Crippen molar-refractivity contribution in [2.45, 2.75) is 44.6 Å². The van der Waals surface area contributed by atoms with Crippen LogP contribution >= 0.6 is 0 Å². The van der Waals surface area contributed by atoms with Gasteiger partial charge in [-0.15, -0.1) is 5.10 Å². The number of rotatable bonds is 6. The number of nitriles is 1. The molecule has 1 atom stereocenters. The lowest BCUT2D eigenvalue weighted by Gasteiger charge is -2.25. The van der Waals surface area contributed by atoms with Crippen LogP contribution in [0.4, 0.5) is 0 Å². The lowest BCUT2D eigenvalue weighted by Crippen LogP contribution is -2.23. The van der Waals surface area contributed by atoms with Crippen LogP contribution in [-0.4, -0.2) is 41.9 Å². The molecule has 1 fully saturated rings. The Balaban J connectivity index is 2.32. The molecule has 1 aliphatic rings. The molecule has 1 unspecified atom stereocenters. The molecule has 20 heavy (non-hydrogen) atoms. The van der Waals surface area contributed by atoms with Gasteiger partial charge in [-0.25, -0.2) is 4.68 Å². The van der Waals surface area contributed by atoms with Gasteiger partial charge in [-0.2, -0.15) is 5.26 Å². The number of hydrogen-bond donors (Lipinski definition) is 0. The first-order chi connectivity index (χ1) is 9.81. The standard InChI is InChI=1S/C14H22N4O2/c1-3-12(10-19-2)18-14(11-5-8-20-9-6-11)13(4-7-15)16-17-18/h11-12H,3-6,8-10H2,1-2H3. The van der Waals surface area contributed by atoms with Crippen molar-refractivity contribution in [1.29, 1.82) is 5.26 Å². The predicted molar refractivity (Wildman–Crippen MR) is 73.3 cm³/mol. The Hall–Kier alpha value is -1.45. The molecule has 1 aliphatic heterocycles. The third kappa shape index (κ3) is 3.17.